The van der Waals surface area contributed by atoms with E-state index in [-0.39, 0.29) is 17.7 Å². The number of hydrogen-bond donors (Lipinski definition) is 2. The Morgan fingerprint density at radius 2 is 2.00 bits per heavy atom. The highest BCUT2D eigenvalue weighted by Gasteiger charge is 2.07. The van der Waals surface area contributed by atoms with E-state index in [1.165, 1.54) is 17.3 Å². The van der Waals surface area contributed by atoms with Crippen LogP contribution in [0.5, 0.6) is 0 Å². The summed E-state index contributed by atoms with van der Waals surface area (Å²) in [6.07, 6.45) is 2.72. The van der Waals surface area contributed by atoms with Crippen LogP contribution in [0.4, 0.5) is 5.69 Å². The molecule has 8 heteroatoms. The van der Waals surface area contributed by atoms with Gasteiger partial charge in [0.2, 0.25) is 5.91 Å². The van der Waals surface area contributed by atoms with E-state index in [1.807, 2.05) is 0 Å². The summed E-state index contributed by atoms with van der Waals surface area (Å²) in [6, 6.07) is 6.49. The summed E-state index contributed by atoms with van der Waals surface area (Å²) < 4.78 is 1.33. The molecule has 98 valence electrons. The molecule has 1 heterocycles. The summed E-state index contributed by atoms with van der Waals surface area (Å²) in [7, 11) is 0. The molecule has 0 saturated heterocycles. The Hall–Kier alpha value is -2.41. The summed E-state index contributed by atoms with van der Waals surface area (Å²) >= 11 is 5.39. The van der Waals surface area contributed by atoms with Crippen LogP contribution in [-0.4, -0.2) is 32.6 Å². The first-order valence-corrected chi connectivity index (χ1v) is 5.84. The zero-order valence-electron chi connectivity index (χ0n) is 9.71. The van der Waals surface area contributed by atoms with Crippen molar-refractivity contribution < 1.29 is 9.59 Å². The fraction of sp³-hybridized carbons (Fsp3) is 0.0909. The van der Waals surface area contributed by atoms with Gasteiger partial charge in [0.1, 0.15) is 18.5 Å². The number of anilines is 1. The van der Waals surface area contributed by atoms with E-state index in [2.05, 4.69) is 20.9 Å². The first-order valence-electron chi connectivity index (χ1n) is 5.31. The summed E-state index contributed by atoms with van der Waals surface area (Å²) in [5.41, 5.74) is 3.44. The van der Waals surface area contributed by atoms with E-state index in [0.29, 0.717) is 11.3 Å². The molecule has 0 atom stereocenters. The van der Waals surface area contributed by atoms with Gasteiger partial charge in [-0.05, 0) is 18.2 Å². The van der Waals surface area contributed by atoms with Gasteiger partial charge >= 0.3 is 0 Å². The highest BCUT2D eigenvalue weighted by molar-refractivity contribution is 6.29. The van der Waals surface area contributed by atoms with Gasteiger partial charge in [-0.25, -0.2) is 4.68 Å². The average molecular weight is 280 g/mol. The third kappa shape index (κ3) is 3.52. The van der Waals surface area contributed by atoms with Crippen LogP contribution >= 0.6 is 11.6 Å². The fourth-order valence-electron chi connectivity index (χ4n) is 1.37. The Kier molecular flexibility index (Phi) is 4.09. The minimum Gasteiger partial charge on any atom is -0.325 e. The number of rotatable bonds is 4. The number of halogens is 1. The van der Waals surface area contributed by atoms with E-state index in [1.54, 1.807) is 24.3 Å². The van der Waals surface area contributed by atoms with Crippen LogP contribution in [0.3, 0.4) is 0 Å². The average Bonchev–Trinajstić information content (AvgIpc) is 2.91. The number of aromatic nitrogens is 3. The minimum absolute atomic E-state index is 0.142. The molecular weight excluding hydrogens is 270 g/mol. The molecule has 2 N–H and O–H groups in total. The second-order valence-electron chi connectivity index (χ2n) is 3.57. The number of alkyl halides is 1. The van der Waals surface area contributed by atoms with Crippen molar-refractivity contribution >= 4 is 29.1 Å². The molecule has 0 radical (unpaired) electrons. The summed E-state index contributed by atoms with van der Waals surface area (Å²) in [5.74, 6) is -0.822. The maximum Gasteiger partial charge on any atom is 0.270 e. The van der Waals surface area contributed by atoms with Crippen LogP contribution in [-0.2, 0) is 4.79 Å². The summed E-state index contributed by atoms with van der Waals surface area (Å²) in [6.45, 7) is 0. The lowest BCUT2D eigenvalue weighted by Gasteiger charge is -2.07. The van der Waals surface area contributed by atoms with Gasteiger partial charge in [-0.1, -0.05) is 6.07 Å². The van der Waals surface area contributed by atoms with Gasteiger partial charge in [-0.3, -0.25) is 15.0 Å². The zero-order chi connectivity index (χ0) is 13.7. The summed E-state index contributed by atoms with van der Waals surface area (Å²) in [4.78, 5) is 23.0. The maximum absolute atomic E-state index is 11.9. The zero-order valence-corrected chi connectivity index (χ0v) is 10.5. The van der Waals surface area contributed by atoms with Gasteiger partial charge in [0, 0.05) is 11.3 Å². The van der Waals surface area contributed by atoms with Crippen molar-refractivity contribution in [3.05, 3.63) is 42.5 Å². The van der Waals surface area contributed by atoms with E-state index >= 15 is 0 Å². The molecule has 7 nitrogen and oxygen atoms in total. The van der Waals surface area contributed by atoms with E-state index in [4.69, 9.17) is 11.6 Å². The quantitative estimate of drug-likeness (QED) is 0.812. The lowest BCUT2D eigenvalue weighted by Crippen LogP contribution is -2.21. The van der Waals surface area contributed by atoms with Gasteiger partial charge in [0.15, 0.2) is 0 Å². The van der Waals surface area contributed by atoms with E-state index in [9.17, 15) is 9.59 Å². The second kappa shape index (κ2) is 5.96. The monoisotopic (exact) mass is 279 g/mol. The van der Waals surface area contributed by atoms with Crippen LogP contribution in [0.2, 0.25) is 0 Å². The maximum atomic E-state index is 11.9. The minimum atomic E-state index is -0.346. The van der Waals surface area contributed by atoms with Gasteiger partial charge in [0.05, 0.1) is 0 Å². The standard InChI is InChI=1S/C11H10ClN5O2/c12-5-10(18)15-9-3-1-2-8(4-9)11(19)16-17-6-13-14-7-17/h1-4,6-7H,5H2,(H,15,18)(H,16,19). The Balaban J connectivity index is 2.09. The Morgan fingerprint density at radius 3 is 2.68 bits per heavy atom. The van der Waals surface area contributed by atoms with E-state index in [0.717, 1.165) is 0 Å². The molecular formula is C11H10ClN5O2. The number of nitrogens with zero attached hydrogens (tertiary/aromatic N) is 3. The highest BCUT2D eigenvalue weighted by atomic mass is 35.5. The van der Waals surface area contributed by atoms with Crippen LogP contribution in [0.1, 0.15) is 10.4 Å². The van der Waals surface area contributed by atoms with Crippen molar-refractivity contribution in [3.63, 3.8) is 0 Å². The molecule has 0 saturated carbocycles. The molecule has 1 aromatic carbocycles. The topological polar surface area (TPSA) is 88.9 Å². The first kappa shape index (κ1) is 13.0. The molecule has 2 aromatic rings. The lowest BCUT2D eigenvalue weighted by atomic mass is 10.2. The predicted molar refractivity (Wildman–Crippen MR) is 69.5 cm³/mol. The number of hydrogen-bond acceptors (Lipinski definition) is 4. The molecule has 0 aliphatic carbocycles. The van der Waals surface area contributed by atoms with Crippen LogP contribution in [0, 0.1) is 0 Å². The Bertz CT molecular complexity index is 585. The second-order valence-corrected chi connectivity index (χ2v) is 3.84. The third-order valence-electron chi connectivity index (χ3n) is 2.18. The van der Waals surface area contributed by atoms with Gasteiger partial charge in [0.25, 0.3) is 5.91 Å². The normalized spacial score (nSPS) is 9.95. The molecule has 2 rings (SSSR count). The number of nitrogens with one attached hydrogen (secondary N) is 2. The van der Waals surface area contributed by atoms with Gasteiger partial charge in [-0.2, -0.15) is 0 Å². The van der Waals surface area contributed by atoms with Crippen molar-refractivity contribution in [2.45, 2.75) is 0 Å². The number of carbonyl (C=O) groups is 2. The van der Waals surface area contributed by atoms with Crippen LogP contribution in [0.15, 0.2) is 36.9 Å². The number of carbonyl (C=O) groups excluding carboxylic acids is 2. The molecule has 19 heavy (non-hydrogen) atoms. The highest BCUT2D eigenvalue weighted by Crippen LogP contribution is 2.11. The third-order valence-corrected chi connectivity index (χ3v) is 2.42. The molecule has 0 fully saturated rings. The Labute approximate surface area is 113 Å². The summed E-state index contributed by atoms with van der Waals surface area (Å²) in [5, 5.41) is 9.69. The van der Waals surface area contributed by atoms with Crippen molar-refractivity contribution in [3.8, 4) is 0 Å². The van der Waals surface area contributed by atoms with Crippen molar-refractivity contribution in [2.75, 3.05) is 16.6 Å². The van der Waals surface area contributed by atoms with Gasteiger partial charge < -0.3 is 5.32 Å². The molecule has 1 aromatic heterocycles. The smallest absolute Gasteiger partial charge is 0.270 e. The molecule has 0 spiro atoms. The van der Waals surface area contributed by atoms with E-state index < -0.39 is 0 Å². The van der Waals surface area contributed by atoms with Gasteiger partial charge in [-0.15, -0.1) is 21.8 Å². The first-order chi connectivity index (χ1) is 9.19. The number of amides is 2. The number of benzene rings is 1. The largest absolute Gasteiger partial charge is 0.325 e. The lowest BCUT2D eigenvalue weighted by molar-refractivity contribution is -0.113. The SMILES string of the molecule is O=C(CCl)Nc1cccc(C(=O)Nn2cnnc2)c1. The van der Waals surface area contributed by atoms with Crippen LogP contribution in [0.25, 0.3) is 0 Å². The fourth-order valence-corrected chi connectivity index (χ4v) is 1.44. The molecule has 0 aliphatic rings. The molecule has 2 amide bonds. The molecule has 0 aliphatic heterocycles. The molecule has 0 unspecified atom stereocenters. The van der Waals surface area contributed by atoms with Crippen molar-refractivity contribution in [2.24, 2.45) is 0 Å². The molecule has 0 bridgehead atoms. The van der Waals surface area contributed by atoms with Crippen LogP contribution < -0.4 is 10.7 Å². The predicted octanol–water partition coefficient (Wildman–Crippen LogP) is 0.839. The van der Waals surface area contributed by atoms with Crippen molar-refractivity contribution in [1.29, 1.82) is 0 Å². The Morgan fingerprint density at radius 1 is 1.26 bits per heavy atom. The van der Waals surface area contributed by atoms with Crippen molar-refractivity contribution in [1.82, 2.24) is 14.9 Å².